The Kier molecular flexibility index (Phi) is 3.55. The molecule has 0 aliphatic heterocycles. The highest BCUT2D eigenvalue weighted by atomic mass is 19.1. The standard InChI is InChI=1S/C10H13F2NO/c1-2-9(14)10(13)6-3-7(11)5-8(12)4-6/h3-5,9-10,14H,2,13H2,1H3/t9-,10+/m1/s1. The van der Waals surface area contributed by atoms with Gasteiger partial charge < -0.3 is 10.8 Å². The van der Waals surface area contributed by atoms with E-state index in [2.05, 4.69) is 0 Å². The van der Waals surface area contributed by atoms with Gasteiger partial charge in [-0.1, -0.05) is 6.92 Å². The molecule has 4 heteroatoms. The highest BCUT2D eigenvalue weighted by Gasteiger charge is 2.16. The van der Waals surface area contributed by atoms with Crippen molar-refractivity contribution in [1.29, 1.82) is 0 Å². The van der Waals surface area contributed by atoms with E-state index in [4.69, 9.17) is 5.73 Å². The lowest BCUT2D eigenvalue weighted by Gasteiger charge is -2.17. The summed E-state index contributed by atoms with van der Waals surface area (Å²) in [6.45, 7) is 1.75. The van der Waals surface area contributed by atoms with Crippen molar-refractivity contribution in [3.8, 4) is 0 Å². The Labute approximate surface area is 81.4 Å². The molecule has 0 radical (unpaired) electrons. The van der Waals surface area contributed by atoms with Crippen LogP contribution in [0.2, 0.25) is 0 Å². The maximum Gasteiger partial charge on any atom is 0.126 e. The summed E-state index contributed by atoms with van der Waals surface area (Å²) in [6.07, 6.45) is -0.338. The van der Waals surface area contributed by atoms with Gasteiger partial charge in [-0.15, -0.1) is 0 Å². The number of halogens is 2. The van der Waals surface area contributed by atoms with Gasteiger partial charge in [-0.05, 0) is 24.1 Å². The third-order valence-electron chi connectivity index (χ3n) is 2.10. The predicted molar refractivity (Wildman–Crippen MR) is 49.6 cm³/mol. The normalized spacial score (nSPS) is 15.2. The van der Waals surface area contributed by atoms with Crippen LogP contribution >= 0.6 is 0 Å². The molecule has 0 heterocycles. The van der Waals surface area contributed by atoms with Crippen LogP contribution in [0.3, 0.4) is 0 Å². The number of benzene rings is 1. The van der Waals surface area contributed by atoms with E-state index in [0.29, 0.717) is 6.42 Å². The van der Waals surface area contributed by atoms with Crippen LogP contribution in [0.15, 0.2) is 18.2 Å². The van der Waals surface area contributed by atoms with Crippen molar-refractivity contribution in [3.05, 3.63) is 35.4 Å². The first-order valence-electron chi connectivity index (χ1n) is 4.44. The second kappa shape index (κ2) is 4.48. The molecular formula is C10H13F2NO. The van der Waals surface area contributed by atoms with Crippen molar-refractivity contribution >= 4 is 0 Å². The molecule has 14 heavy (non-hydrogen) atoms. The van der Waals surface area contributed by atoms with Crippen molar-refractivity contribution in [2.75, 3.05) is 0 Å². The number of hydrogen-bond acceptors (Lipinski definition) is 2. The summed E-state index contributed by atoms with van der Waals surface area (Å²) in [5.41, 5.74) is 5.88. The molecule has 1 rings (SSSR count). The molecule has 0 spiro atoms. The van der Waals surface area contributed by atoms with Gasteiger partial charge in [-0.3, -0.25) is 0 Å². The van der Waals surface area contributed by atoms with Crippen LogP contribution in [0, 0.1) is 11.6 Å². The average molecular weight is 201 g/mol. The number of aliphatic hydroxyl groups excluding tert-OH is 1. The Hall–Kier alpha value is -1.00. The van der Waals surface area contributed by atoms with Gasteiger partial charge in [0.1, 0.15) is 11.6 Å². The summed E-state index contributed by atoms with van der Waals surface area (Å²) in [6, 6.07) is 2.29. The lowest BCUT2D eigenvalue weighted by atomic mass is 10.0. The number of hydrogen-bond donors (Lipinski definition) is 2. The largest absolute Gasteiger partial charge is 0.391 e. The number of rotatable bonds is 3. The Bertz CT molecular complexity index is 297. The van der Waals surface area contributed by atoms with Gasteiger partial charge in [0.25, 0.3) is 0 Å². The van der Waals surface area contributed by atoms with Gasteiger partial charge in [-0.2, -0.15) is 0 Å². The second-order valence-electron chi connectivity index (χ2n) is 3.20. The maximum absolute atomic E-state index is 12.8. The van der Waals surface area contributed by atoms with E-state index in [1.54, 1.807) is 6.92 Å². The molecule has 0 aliphatic carbocycles. The lowest BCUT2D eigenvalue weighted by Crippen LogP contribution is -2.25. The van der Waals surface area contributed by atoms with Gasteiger partial charge in [0.2, 0.25) is 0 Å². The summed E-state index contributed by atoms with van der Waals surface area (Å²) in [5, 5.41) is 9.39. The van der Waals surface area contributed by atoms with E-state index in [0.717, 1.165) is 18.2 Å². The number of aliphatic hydroxyl groups is 1. The fourth-order valence-corrected chi connectivity index (χ4v) is 1.24. The predicted octanol–water partition coefficient (Wildman–Crippen LogP) is 1.74. The van der Waals surface area contributed by atoms with Gasteiger partial charge >= 0.3 is 0 Å². The molecule has 0 fully saturated rings. The fraction of sp³-hybridized carbons (Fsp3) is 0.400. The third kappa shape index (κ3) is 2.49. The van der Waals surface area contributed by atoms with Crippen LogP contribution in [0.5, 0.6) is 0 Å². The molecule has 1 aromatic carbocycles. The molecule has 2 nitrogen and oxygen atoms in total. The van der Waals surface area contributed by atoms with E-state index in [9.17, 15) is 13.9 Å². The molecule has 0 aromatic heterocycles. The number of nitrogens with two attached hydrogens (primary N) is 1. The Morgan fingerprint density at radius 2 is 1.79 bits per heavy atom. The van der Waals surface area contributed by atoms with E-state index in [1.807, 2.05) is 0 Å². The molecule has 3 N–H and O–H groups in total. The Morgan fingerprint density at radius 3 is 2.21 bits per heavy atom. The first kappa shape index (κ1) is 11.1. The van der Waals surface area contributed by atoms with E-state index >= 15 is 0 Å². The molecule has 78 valence electrons. The third-order valence-corrected chi connectivity index (χ3v) is 2.10. The van der Waals surface area contributed by atoms with Crippen LogP contribution in [0.1, 0.15) is 24.9 Å². The van der Waals surface area contributed by atoms with Crippen LogP contribution < -0.4 is 5.73 Å². The summed E-state index contributed by atoms with van der Waals surface area (Å²) < 4.78 is 25.6. The summed E-state index contributed by atoms with van der Waals surface area (Å²) in [5.74, 6) is -1.36. The van der Waals surface area contributed by atoms with Crippen molar-refractivity contribution in [2.45, 2.75) is 25.5 Å². The maximum atomic E-state index is 12.8. The molecular weight excluding hydrogens is 188 g/mol. The molecule has 0 aliphatic rings. The summed E-state index contributed by atoms with van der Waals surface area (Å²) in [4.78, 5) is 0. The van der Waals surface area contributed by atoms with E-state index in [1.165, 1.54) is 0 Å². The Balaban J connectivity index is 2.94. The molecule has 1 aromatic rings. The average Bonchev–Trinajstić information content (AvgIpc) is 2.14. The molecule has 0 unspecified atom stereocenters. The van der Waals surface area contributed by atoms with Gasteiger partial charge in [-0.25, -0.2) is 8.78 Å². The lowest BCUT2D eigenvalue weighted by molar-refractivity contribution is 0.140. The highest BCUT2D eigenvalue weighted by Crippen LogP contribution is 2.18. The van der Waals surface area contributed by atoms with Crippen LogP contribution in [0.4, 0.5) is 8.78 Å². The van der Waals surface area contributed by atoms with Crippen LogP contribution in [0.25, 0.3) is 0 Å². The summed E-state index contributed by atoms with van der Waals surface area (Å²) in [7, 11) is 0. The zero-order chi connectivity index (χ0) is 10.7. The minimum atomic E-state index is -0.781. The minimum Gasteiger partial charge on any atom is -0.391 e. The zero-order valence-corrected chi connectivity index (χ0v) is 7.87. The molecule has 0 saturated carbocycles. The second-order valence-corrected chi connectivity index (χ2v) is 3.20. The van der Waals surface area contributed by atoms with Crippen molar-refractivity contribution < 1.29 is 13.9 Å². The quantitative estimate of drug-likeness (QED) is 0.782. The fourth-order valence-electron chi connectivity index (χ4n) is 1.24. The van der Waals surface area contributed by atoms with E-state index in [-0.39, 0.29) is 5.56 Å². The van der Waals surface area contributed by atoms with Crippen molar-refractivity contribution in [3.63, 3.8) is 0 Å². The van der Waals surface area contributed by atoms with Crippen LogP contribution in [-0.2, 0) is 0 Å². The monoisotopic (exact) mass is 201 g/mol. The van der Waals surface area contributed by atoms with E-state index < -0.39 is 23.8 Å². The molecule has 0 bridgehead atoms. The van der Waals surface area contributed by atoms with Crippen molar-refractivity contribution in [2.24, 2.45) is 5.73 Å². The molecule has 2 atom stereocenters. The first-order chi connectivity index (χ1) is 6.54. The first-order valence-corrected chi connectivity index (χ1v) is 4.44. The Morgan fingerprint density at radius 1 is 1.29 bits per heavy atom. The summed E-state index contributed by atoms with van der Waals surface area (Å²) >= 11 is 0. The highest BCUT2D eigenvalue weighted by molar-refractivity contribution is 5.21. The topological polar surface area (TPSA) is 46.2 Å². The van der Waals surface area contributed by atoms with Crippen molar-refractivity contribution in [1.82, 2.24) is 0 Å². The molecule has 0 saturated heterocycles. The SMILES string of the molecule is CC[C@@H](O)[C@@H](N)c1cc(F)cc(F)c1. The molecule has 0 amide bonds. The van der Waals surface area contributed by atoms with Gasteiger partial charge in [0.05, 0.1) is 12.1 Å². The van der Waals surface area contributed by atoms with Gasteiger partial charge in [0, 0.05) is 6.07 Å². The van der Waals surface area contributed by atoms with Crippen LogP contribution in [-0.4, -0.2) is 11.2 Å². The smallest absolute Gasteiger partial charge is 0.126 e. The van der Waals surface area contributed by atoms with Gasteiger partial charge in [0.15, 0.2) is 0 Å². The zero-order valence-electron chi connectivity index (χ0n) is 7.87. The minimum absolute atomic E-state index is 0.275.